The highest BCUT2D eigenvalue weighted by atomic mass is 19.1. The van der Waals surface area contributed by atoms with Crippen LogP contribution in [0.25, 0.3) is 33.1 Å². The number of H-pyrrole nitrogens is 1. The lowest BCUT2D eigenvalue weighted by Gasteiger charge is -2.05. The highest BCUT2D eigenvalue weighted by molar-refractivity contribution is 6.01. The summed E-state index contributed by atoms with van der Waals surface area (Å²) in [5.41, 5.74) is 1.88. The number of aromatic amines is 1. The van der Waals surface area contributed by atoms with Crippen LogP contribution in [0.2, 0.25) is 0 Å². The number of furan rings is 1. The van der Waals surface area contributed by atoms with Crippen molar-refractivity contribution in [1.29, 1.82) is 0 Å². The van der Waals surface area contributed by atoms with Gasteiger partial charge in [0.2, 0.25) is 0 Å². The van der Waals surface area contributed by atoms with Gasteiger partial charge in [-0.2, -0.15) is 5.10 Å². The van der Waals surface area contributed by atoms with E-state index in [1.54, 1.807) is 12.1 Å². The first-order valence-corrected chi connectivity index (χ1v) is 9.28. The van der Waals surface area contributed by atoms with Gasteiger partial charge in [-0.1, -0.05) is 30.3 Å². The number of hydrogen-bond donors (Lipinski definition) is 2. The minimum absolute atomic E-state index is 0.134. The lowest BCUT2D eigenvalue weighted by Crippen LogP contribution is -2.22. The molecule has 30 heavy (non-hydrogen) atoms. The monoisotopic (exact) mass is 403 g/mol. The van der Waals surface area contributed by atoms with Crippen LogP contribution in [-0.2, 0) is 6.54 Å². The predicted molar refractivity (Wildman–Crippen MR) is 109 cm³/mol. The number of carbonyl (C=O) groups is 1. The molecular formula is C23H15F2N3O2. The quantitative estimate of drug-likeness (QED) is 0.434. The second-order valence-corrected chi connectivity index (χ2v) is 6.90. The van der Waals surface area contributed by atoms with E-state index < -0.39 is 17.5 Å². The molecule has 5 aromatic rings. The molecule has 0 aliphatic heterocycles. The van der Waals surface area contributed by atoms with Gasteiger partial charge in [0.05, 0.1) is 6.54 Å². The average molecular weight is 403 g/mol. The molecule has 1 amide bonds. The average Bonchev–Trinajstić information content (AvgIpc) is 3.36. The van der Waals surface area contributed by atoms with Crippen LogP contribution in [0.4, 0.5) is 8.78 Å². The van der Waals surface area contributed by atoms with E-state index in [0.29, 0.717) is 22.4 Å². The SMILES string of the molecule is O=C(NCc1cc2ccccc2o1)c1cc(F)c2[nH]nc(-c3cccc(F)c3)c2c1. The number of hydrogen-bond acceptors (Lipinski definition) is 3. The fourth-order valence-electron chi connectivity index (χ4n) is 3.46. The molecule has 0 saturated carbocycles. The third-order valence-electron chi connectivity index (χ3n) is 4.88. The van der Waals surface area contributed by atoms with Crippen LogP contribution in [0.15, 0.2) is 71.1 Å². The number of fused-ring (bicyclic) bond motifs is 2. The molecule has 7 heteroatoms. The molecule has 0 fully saturated rings. The van der Waals surface area contributed by atoms with Gasteiger partial charge < -0.3 is 9.73 Å². The number of halogens is 2. The summed E-state index contributed by atoms with van der Waals surface area (Å²) >= 11 is 0. The molecule has 0 unspecified atom stereocenters. The summed E-state index contributed by atoms with van der Waals surface area (Å²) in [6.07, 6.45) is 0. The minimum atomic E-state index is -0.614. The van der Waals surface area contributed by atoms with E-state index in [2.05, 4.69) is 15.5 Å². The van der Waals surface area contributed by atoms with E-state index in [4.69, 9.17) is 4.42 Å². The minimum Gasteiger partial charge on any atom is -0.459 e. The lowest BCUT2D eigenvalue weighted by molar-refractivity contribution is 0.0948. The molecule has 0 saturated heterocycles. The third kappa shape index (κ3) is 3.20. The van der Waals surface area contributed by atoms with Crippen molar-refractivity contribution in [2.45, 2.75) is 6.54 Å². The molecule has 2 N–H and O–H groups in total. The Kier molecular flexibility index (Phi) is 4.28. The van der Waals surface area contributed by atoms with Crippen molar-refractivity contribution < 1.29 is 18.0 Å². The van der Waals surface area contributed by atoms with Crippen LogP contribution in [0.1, 0.15) is 16.1 Å². The largest absolute Gasteiger partial charge is 0.459 e. The maximum absolute atomic E-state index is 14.6. The molecule has 2 aromatic heterocycles. The Morgan fingerprint density at radius 1 is 1.03 bits per heavy atom. The first kappa shape index (κ1) is 18.1. The van der Waals surface area contributed by atoms with Crippen LogP contribution < -0.4 is 5.32 Å². The molecule has 0 atom stereocenters. The molecule has 0 aliphatic carbocycles. The number of nitrogens with zero attached hydrogens (tertiary/aromatic N) is 1. The zero-order chi connectivity index (χ0) is 20.7. The molecule has 0 bridgehead atoms. The standard InChI is InChI=1S/C23H15F2N3O2/c24-16-6-3-5-14(8-16)21-18-10-15(11-19(25)22(18)28-27-21)23(29)26-12-17-9-13-4-1-2-7-20(13)30-17/h1-11H,12H2,(H,26,29)(H,27,28). The summed E-state index contributed by atoms with van der Waals surface area (Å²) in [4.78, 5) is 12.6. The second-order valence-electron chi connectivity index (χ2n) is 6.90. The Morgan fingerprint density at radius 3 is 2.73 bits per heavy atom. The van der Waals surface area contributed by atoms with Gasteiger partial charge in [-0.15, -0.1) is 0 Å². The van der Waals surface area contributed by atoms with E-state index in [0.717, 1.165) is 17.0 Å². The van der Waals surface area contributed by atoms with Crippen molar-refractivity contribution in [2.75, 3.05) is 0 Å². The smallest absolute Gasteiger partial charge is 0.251 e. The van der Waals surface area contributed by atoms with Gasteiger partial charge in [0.15, 0.2) is 0 Å². The maximum atomic E-state index is 14.6. The number of rotatable bonds is 4. The fraction of sp³-hybridized carbons (Fsp3) is 0.0435. The Bertz CT molecular complexity index is 1370. The molecular weight excluding hydrogens is 388 g/mol. The number of carbonyl (C=O) groups excluding carboxylic acids is 1. The van der Waals surface area contributed by atoms with E-state index >= 15 is 0 Å². The summed E-state index contributed by atoms with van der Waals surface area (Å²) in [5, 5.41) is 10.8. The van der Waals surface area contributed by atoms with Crippen molar-refractivity contribution >= 4 is 27.8 Å². The van der Waals surface area contributed by atoms with E-state index in [-0.39, 0.29) is 17.6 Å². The number of benzene rings is 3. The van der Waals surface area contributed by atoms with Crippen molar-refractivity contribution in [3.05, 3.63) is 89.7 Å². The topological polar surface area (TPSA) is 70.9 Å². The van der Waals surface area contributed by atoms with Crippen molar-refractivity contribution in [2.24, 2.45) is 0 Å². The Hall–Kier alpha value is -4.00. The highest BCUT2D eigenvalue weighted by Crippen LogP contribution is 2.29. The molecule has 0 spiro atoms. The Balaban J connectivity index is 1.44. The Labute approximate surface area is 169 Å². The molecule has 3 aromatic carbocycles. The van der Waals surface area contributed by atoms with Crippen LogP contribution in [0.3, 0.4) is 0 Å². The zero-order valence-corrected chi connectivity index (χ0v) is 15.6. The highest BCUT2D eigenvalue weighted by Gasteiger charge is 2.17. The van der Waals surface area contributed by atoms with Gasteiger partial charge in [0.25, 0.3) is 5.91 Å². The molecule has 0 aliphatic rings. The lowest BCUT2D eigenvalue weighted by atomic mass is 10.0. The molecule has 0 radical (unpaired) electrons. The van der Waals surface area contributed by atoms with Crippen LogP contribution >= 0.6 is 0 Å². The van der Waals surface area contributed by atoms with Crippen LogP contribution in [-0.4, -0.2) is 16.1 Å². The predicted octanol–water partition coefficient (Wildman–Crippen LogP) is 5.18. The first-order valence-electron chi connectivity index (χ1n) is 9.28. The van der Waals surface area contributed by atoms with Gasteiger partial charge in [-0.3, -0.25) is 9.89 Å². The van der Waals surface area contributed by atoms with Gasteiger partial charge in [-0.25, -0.2) is 8.78 Å². The number of amides is 1. The van der Waals surface area contributed by atoms with Gasteiger partial charge in [0.1, 0.15) is 34.2 Å². The summed E-state index contributed by atoms with van der Waals surface area (Å²) in [6.45, 7) is 0.162. The summed E-state index contributed by atoms with van der Waals surface area (Å²) < 4.78 is 33.9. The third-order valence-corrected chi connectivity index (χ3v) is 4.88. The number of aromatic nitrogens is 2. The van der Waals surface area contributed by atoms with E-state index in [1.807, 2.05) is 30.3 Å². The first-order chi connectivity index (χ1) is 14.6. The molecule has 5 rings (SSSR count). The van der Waals surface area contributed by atoms with Crippen molar-refractivity contribution in [1.82, 2.24) is 15.5 Å². The molecule has 2 heterocycles. The van der Waals surface area contributed by atoms with E-state index in [9.17, 15) is 13.6 Å². The van der Waals surface area contributed by atoms with E-state index in [1.165, 1.54) is 18.2 Å². The molecule has 5 nitrogen and oxygen atoms in total. The molecule has 148 valence electrons. The van der Waals surface area contributed by atoms with Gasteiger partial charge in [0, 0.05) is 21.9 Å². The van der Waals surface area contributed by atoms with Gasteiger partial charge in [-0.05, 0) is 36.4 Å². The zero-order valence-electron chi connectivity index (χ0n) is 15.6. The van der Waals surface area contributed by atoms with Crippen molar-refractivity contribution in [3.8, 4) is 11.3 Å². The number of nitrogens with one attached hydrogen (secondary N) is 2. The fourth-order valence-corrected chi connectivity index (χ4v) is 3.46. The summed E-state index contributed by atoms with van der Waals surface area (Å²) in [6, 6.07) is 17.9. The van der Waals surface area contributed by atoms with Crippen LogP contribution in [0, 0.1) is 11.6 Å². The van der Waals surface area contributed by atoms with Crippen molar-refractivity contribution in [3.63, 3.8) is 0 Å². The van der Waals surface area contributed by atoms with Crippen LogP contribution in [0.5, 0.6) is 0 Å². The second kappa shape index (κ2) is 7.11. The normalized spacial score (nSPS) is 11.3. The maximum Gasteiger partial charge on any atom is 0.251 e. The Morgan fingerprint density at radius 2 is 1.90 bits per heavy atom. The summed E-state index contributed by atoms with van der Waals surface area (Å²) in [7, 11) is 0. The van der Waals surface area contributed by atoms with Gasteiger partial charge >= 0.3 is 0 Å². The number of para-hydroxylation sites is 1. The summed E-state index contributed by atoms with van der Waals surface area (Å²) in [5.74, 6) is -0.905.